The first kappa shape index (κ1) is 29.6. The number of rotatable bonds is 18. The summed E-state index contributed by atoms with van der Waals surface area (Å²) in [5.74, 6) is 0.360. The van der Waals surface area contributed by atoms with Gasteiger partial charge in [0.2, 0.25) is 5.91 Å². The van der Waals surface area contributed by atoms with Gasteiger partial charge in [-0.05, 0) is 64.2 Å². The Bertz CT molecular complexity index is 663. The van der Waals surface area contributed by atoms with Gasteiger partial charge >= 0.3 is 0 Å². The van der Waals surface area contributed by atoms with Crippen LogP contribution < -0.4 is 5.32 Å². The zero-order chi connectivity index (χ0) is 23.9. The predicted octanol–water partition coefficient (Wildman–Crippen LogP) is 7.58. The van der Waals surface area contributed by atoms with Crippen LogP contribution in [0.4, 0.5) is 0 Å². The Morgan fingerprint density at radius 1 is 0.688 bits per heavy atom. The lowest BCUT2D eigenvalue weighted by atomic mass is 10.0. The van der Waals surface area contributed by atoms with Crippen LogP contribution in [0, 0.1) is 5.92 Å². The summed E-state index contributed by atoms with van der Waals surface area (Å²) in [5, 5.41) is 2.85. The molecule has 0 radical (unpaired) electrons. The van der Waals surface area contributed by atoms with Gasteiger partial charge < -0.3 is 5.32 Å². The first-order valence-corrected chi connectivity index (χ1v) is 12.2. The zero-order valence-electron chi connectivity index (χ0n) is 20.8. The minimum atomic E-state index is -0.354. The molecule has 0 aromatic heterocycles. The van der Waals surface area contributed by atoms with E-state index < -0.39 is 0 Å². The predicted molar refractivity (Wildman–Crippen MR) is 140 cm³/mol. The average molecular weight is 440 g/mol. The minimum Gasteiger partial charge on any atom is -0.346 e. The number of hydrogen-bond donors (Lipinski definition) is 1. The average Bonchev–Trinajstić information content (AvgIpc) is 2.74. The first-order chi connectivity index (χ1) is 15.5. The van der Waals surface area contributed by atoms with Crippen molar-refractivity contribution in [2.45, 2.75) is 91.5 Å². The lowest BCUT2D eigenvalue weighted by Crippen LogP contribution is -2.40. The van der Waals surface area contributed by atoms with Crippen LogP contribution in [0.2, 0.25) is 0 Å². The number of allylic oxidation sites excluding steroid dienone is 12. The van der Waals surface area contributed by atoms with Gasteiger partial charge in [0, 0.05) is 6.42 Å². The van der Waals surface area contributed by atoms with E-state index in [0.29, 0.717) is 25.2 Å². The molecule has 0 saturated heterocycles. The molecule has 0 aliphatic rings. The topological polar surface area (TPSA) is 46.2 Å². The Morgan fingerprint density at radius 2 is 1.09 bits per heavy atom. The van der Waals surface area contributed by atoms with E-state index in [-0.39, 0.29) is 17.7 Å². The Balaban J connectivity index is 3.79. The molecule has 1 amide bonds. The molecular formula is C29H45NO2. The van der Waals surface area contributed by atoms with E-state index in [1.165, 1.54) is 0 Å². The van der Waals surface area contributed by atoms with Crippen molar-refractivity contribution in [3.05, 3.63) is 72.9 Å². The summed E-state index contributed by atoms with van der Waals surface area (Å²) < 4.78 is 0. The molecule has 3 heteroatoms. The third-order valence-corrected chi connectivity index (χ3v) is 4.67. The molecule has 0 aliphatic heterocycles. The number of nitrogens with one attached hydrogen (secondary N) is 1. The second-order valence-corrected chi connectivity index (χ2v) is 8.31. The fourth-order valence-electron chi connectivity index (χ4n) is 2.92. The van der Waals surface area contributed by atoms with Gasteiger partial charge in [-0.2, -0.15) is 0 Å². The molecule has 32 heavy (non-hydrogen) atoms. The Hall–Kier alpha value is -2.42. The second kappa shape index (κ2) is 21.8. The number of carbonyl (C=O) groups excluding carboxylic acids is 2. The molecule has 0 fully saturated rings. The van der Waals surface area contributed by atoms with Crippen molar-refractivity contribution in [3.63, 3.8) is 0 Å². The van der Waals surface area contributed by atoms with Crippen molar-refractivity contribution >= 4 is 11.7 Å². The minimum absolute atomic E-state index is 0.0287. The van der Waals surface area contributed by atoms with Gasteiger partial charge in [0.1, 0.15) is 0 Å². The number of amides is 1. The zero-order valence-corrected chi connectivity index (χ0v) is 20.8. The van der Waals surface area contributed by atoms with Crippen molar-refractivity contribution in [2.24, 2.45) is 5.92 Å². The highest BCUT2D eigenvalue weighted by Crippen LogP contribution is 2.06. The molecule has 0 bridgehead atoms. The number of Topliss-reactive ketones (excluding diaryl/α,β-unsaturated/α-hetero) is 1. The maximum absolute atomic E-state index is 12.0. The van der Waals surface area contributed by atoms with Crippen molar-refractivity contribution < 1.29 is 9.59 Å². The van der Waals surface area contributed by atoms with Crippen molar-refractivity contribution in [1.29, 1.82) is 0 Å². The van der Waals surface area contributed by atoms with Crippen LogP contribution in [0.1, 0.15) is 85.5 Å². The second-order valence-electron chi connectivity index (χ2n) is 8.31. The maximum atomic E-state index is 12.0. The quantitative estimate of drug-likeness (QED) is 0.224. The van der Waals surface area contributed by atoms with Crippen LogP contribution in [0.15, 0.2) is 72.9 Å². The van der Waals surface area contributed by atoms with Gasteiger partial charge in [-0.1, -0.05) is 93.7 Å². The molecule has 0 spiro atoms. The lowest BCUT2D eigenvalue weighted by Gasteiger charge is -2.17. The van der Waals surface area contributed by atoms with Gasteiger partial charge in [-0.3, -0.25) is 9.59 Å². The monoisotopic (exact) mass is 439 g/mol. The highest BCUT2D eigenvalue weighted by molar-refractivity contribution is 5.87. The van der Waals surface area contributed by atoms with E-state index in [0.717, 1.165) is 38.5 Å². The summed E-state index contributed by atoms with van der Waals surface area (Å²) in [6.45, 7) is 7.80. The summed E-state index contributed by atoms with van der Waals surface area (Å²) in [6, 6.07) is -0.354. The van der Waals surface area contributed by atoms with Crippen molar-refractivity contribution in [3.8, 4) is 0 Å². The molecular weight excluding hydrogens is 394 g/mol. The molecule has 0 unspecified atom stereocenters. The van der Waals surface area contributed by atoms with E-state index in [2.05, 4.69) is 92.9 Å². The fraction of sp³-hybridized carbons (Fsp3) is 0.517. The number of carbonyl (C=O) groups is 2. The number of ketones is 1. The molecule has 0 aliphatic carbocycles. The van der Waals surface area contributed by atoms with Crippen LogP contribution >= 0.6 is 0 Å². The third-order valence-electron chi connectivity index (χ3n) is 4.67. The first-order valence-electron chi connectivity index (χ1n) is 12.2. The molecule has 3 nitrogen and oxygen atoms in total. The van der Waals surface area contributed by atoms with Crippen LogP contribution in [0.25, 0.3) is 0 Å². The summed E-state index contributed by atoms with van der Waals surface area (Å²) in [5.41, 5.74) is 0. The molecule has 1 atom stereocenters. The van der Waals surface area contributed by atoms with Gasteiger partial charge in [0.05, 0.1) is 6.04 Å². The largest absolute Gasteiger partial charge is 0.346 e. The van der Waals surface area contributed by atoms with E-state index in [4.69, 9.17) is 0 Å². The van der Waals surface area contributed by atoms with E-state index in [9.17, 15) is 9.59 Å². The molecule has 0 rings (SSSR count). The molecule has 0 saturated carbocycles. The SMILES string of the molecule is CC/C=C\C/C=C\C/C=C\C/C=C\C/C=C\C/C=C\CCC(=O)N[C@@H](CC(C)C)C(C)=O. The summed E-state index contributed by atoms with van der Waals surface area (Å²) >= 11 is 0. The lowest BCUT2D eigenvalue weighted by molar-refractivity contribution is -0.127. The standard InChI is InChI=1S/C29H45NO2/c1-5-6-7-8-9-10-11-12-13-14-15-16-17-18-19-20-21-22-23-24-29(32)30-28(27(4)31)25-26(2)3/h6-7,9-10,12-13,15-16,18-19,21-22,26,28H,5,8,11,14,17,20,23-25H2,1-4H3,(H,30,32)/b7-6-,10-9-,13-12-,16-15-,19-18-,22-21-/t28-/m0/s1. The van der Waals surface area contributed by atoms with Gasteiger partial charge in [-0.15, -0.1) is 0 Å². The van der Waals surface area contributed by atoms with Crippen LogP contribution in [0.3, 0.4) is 0 Å². The van der Waals surface area contributed by atoms with Crippen LogP contribution in [-0.4, -0.2) is 17.7 Å². The molecule has 0 aromatic rings. The third kappa shape index (κ3) is 20.8. The highest BCUT2D eigenvalue weighted by atomic mass is 16.2. The summed E-state index contributed by atoms with van der Waals surface area (Å²) in [7, 11) is 0. The van der Waals surface area contributed by atoms with Gasteiger partial charge in [0.15, 0.2) is 5.78 Å². The maximum Gasteiger partial charge on any atom is 0.220 e. The Kier molecular flexibility index (Phi) is 20.1. The molecule has 178 valence electrons. The smallest absolute Gasteiger partial charge is 0.220 e. The van der Waals surface area contributed by atoms with Gasteiger partial charge in [-0.25, -0.2) is 0 Å². The van der Waals surface area contributed by atoms with Gasteiger partial charge in [0.25, 0.3) is 0 Å². The summed E-state index contributed by atoms with van der Waals surface area (Å²) in [6.07, 6.45) is 33.7. The number of hydrogen-bond acceptors (Lipinski definition) is 2. The van der Waals surface area contributed by atoms with E-state index in [1.54, 1.807) is 6.92 Å². The van der Waals surface area contributed by atoms with Crippen molar-refractivity contribution in [2.75, 3.05) is 0 Å². The van der Waals surface area contributed by atoms with E-state index >= 15 is 0 Å². The molecule has 0 heterocycles. The normalized spacial score (nSPS) is 13.8. The fourth-order valence-corrected chi connectivity index (χ4v) is 2.92. The van der Waals surface area contributed by atoms with Crippen LogP contribution in [0.5, 0.6) is 0 Å². The summed E-state index contributed by atoms with van der Waals surface area (Å²) in [4.78, 5) is 23.6. The Labute approximate surface area is 197 Å². The van der Waals surface area contributed by atoms with E-state index in [1.807, 2.05) is 6.08 Å². The Morgan fingerprint density at radius 3 is 1.47 bits per heavy atom. The molecule has 1 N–H and O–H groups in total. The highest BCUT2D eigenvalue weighted by Gasteiger charge is 2.17. The molecule has 0 aromatic carbocycles. The van der Waals surface area contributed by atoms with Crippen molar-refractivity contribution in [1.82, 2.24) is 5.32 Å². The van der Waals surface area contributed by atoms with Crippen LogP contribution in [-0.2, 0) is 9.59 Å².